The maximum Gasteiger partial charge on any atom is 0.337 e. The van der Waals surface area contributed by atoms with Crippen LogP contribution in [0.25, 0.3) is 11.1 Å². The molecule has 2 saturated carbocycles. The zero-order valence-corrected chi connectivity index (χ0v) is 17.4. The fraction of sp³-hybridized carbons (Fsp3) is 0.417. The van der Waals surface area contributed by atoms with E-state index in [2.05, 4.69) is 12.1 Å². The number of nitrogens with zero attached hydrogens (tertiary/aromatic N) is 1. The van der Waals surface area contributed by atoms with Crippen LogP contribution in [-0.2, 0) is 4.79 Å². The third kappa shape index (κ3) is 3.30. The summed E-state index contributed by atoms with van der Waals surface area (Å²) >= 11 is 5.98. The topological polar surface area (TPSA) is 77.8 Å². The Morgan fingerprint density at radius 3 is 2.20 bits per heavy atom. The molecule has 0 bridgehead atoms. The Bertz CT molecular complexity index is 1020. The molecule has 3 aliphatic rings. The summed E-state index contributed by atoms with van der Waals surface area (Å²) in [4.78, 5) is 25.5. The van der Waals surface area contributed by atoms with Crippen molar-refractivity contribution in [2.24, 2.45) is 5.41 Å². The van der Waals surface area contributed by atoms with Gasteiger partial charge in [0.25, 0.3) is 5.91 Å². The molecule has 2 aromatic rings. The minimum atomic E-state index is -1.06. The molecule has 2 N–H and O–H groups in total. The molecular formula is C24H24ClNO4. The Balaban J connectivity index is 1.26. The van der Waals surface area contributed by atoms with Crippen LogP contribution in [0.3, 0.4) is 0 Å². The van der Waals surface area contributed by atoms with Gasteiger partial charge >= 0.3 is 5.97 Å². The summed E-state index contributed by atoms with van der Waals surface area (Å²) in [6, 6.07) is 13.4. The number of hydrogen-bond donors (Lipinski definition) is 2. The SMILES string of the molecule is O=C(O)c1cc(-c2ccc([C@@H]3CC34CCN(C(=O)C3(O)CC3)CC4)cc2)ccc1Cl. The molecule has 1 saturated heterocycles. The van der Waals surface area contributed by atoms with E-state index in [9.17, 15) is 19.8 Å². The van der Waals surface area contributed by atoms with Gasteiger partial charge in [-0.05, 0) is 72.3 Å². The number of likely N-dealkylation sites (tertiary alicyclic amines) is 1. The summed E-state index contributed by atoms with van der Waals surface area (Å²) in [5, 5.41) is 19.6. The average Bonchev–Trinajstić information content (AvgIpc) is 3.66. The Labute approximate surface area is 180 Å². The second kappa shape index (κ2) is 6.82. The number of carbonyl (C=O) groups excluding carboxylic acids is 1. The molecule has 1 atom stereocenters. The van der Waals surface area contributed by atoms with Crippen molar-refractivity contribution >= 4 is 23.5 Å². The maximum absolute atomic E-state index is 12.4. The Morgan fingerprint density at radius 2 is 1.60 bits per heavy atom. The number of halogens is 1. The molecule has 5 nitrogen and oxygen atoms in total. The minimum Gasteiger partial charge on any atom is -0.478 e. The Kier molecular flexibility index (Phi) is 4.46. The quantitative estimate of drug-likeness (QED) is 0.764. The zero-order chi connectivity index (χ0) is 21.1. The van der Waals surface area contributed by atoms with Crippen molar-refractivity contribution in [3.05, 3.63) is 58.6 Å². The monoisotopic (exact) mass is 425 g/mol. The fourth-order valence-electron chi connectivity index (χ4n) is 4.93. The molecule has 1 amide bonds. The molecule has 3 fully saturated rings. The number of carboxylic acids is 1. The van der Waals surface area contributed by atoms with E-state index < -0.39 is 11.6 Å². The highest BCUT2D eigenvalue weighted by Crippen LogP contribution is 2.65. The number of hydrogen-bond acceptors (Lipinski definition) is 3. The van der Waals surface area contributed by atoms with Crippen LogP contribution < -0.4 is 0 Å². The second-order valence-electron chi connectivity index (χ2n) is 9.06. The summed E-state index contributed by atoms with van der Waals surface area (Å²) in [5.41, 5.74) is 2.42. The van der Waals surface area contributed by atoms with Crippen LogP contribution in [0.4, 0.5) is 0 Å². The van der Waals surface area contributed by atoms with E-state index in [1.807, 2.05) is 23.1 Å². The molecule has 5 rings (SSSR count). The van der Waals surface area contributed by atoms with Crippen LogP contribution in [0.15, 0.2) is 42.5 Å². The summed E-state index contributed by atoms with van der Waals surface area (Å²) in [5.74, 6) is -0.604. The van der Waals surface area contributed by atoms with Gasteiger partial charge in [-0.15, -0.1) is 0 Å². The molecule has 0 unspecified atom stereocenters. The fourth-order valence-corrected chi connectivity index (χ4v) is 5.13. The van der Waals surface area contributed by atoms with Gasteiger partial charge < -0.3 is 15.1 Å². The van der Waals surface area contributed by atoms with E-state index in [1.54, 1.807) is 12.1 Å². The van der Waals surface area contributed by atoms with E-state index in [-0.39, 0.29) is 21.9 Å². The van der Waals surface area contributed by atoms with Crippen LogP contribution in [0, 0.1) is 5.41 Å². The summed E-state index contributed by atoms with van der Waals surface area (Å²) in [7, 11) is 0. The van der Waals surface area contributed by atoms with Gasteiger partial charge in [-0.1, -0.05) is 41.9 Å². The van der Waals surface area contributed by atoms with Gasteiger partial charge in [0.2, 0.25) is 0 Å². The highest BCUT2D eigenvalue weighted by Gasteiger charge is 2.57. The molecule has 0 aromatic heterocycles. The number of benzene rings is 2. The Morgan fingerprint density at radius 1 is 0.967 bits per heavy atom. The molecule has 6 heteroatoms. The van der Waals surface area contributed by atoms with E-state index in [1.165, 1.54) is 5.56 Å². The van der Waals surface area contributed by atoms with Crippen molar-refractivity contribution in [2.75, 3.05) is 13.1 Å². The summed E-state index contributed by atoms with van der Waals surface area (Å²) in [6.45, 7) is 1.47. The molecule has 1 heterocycles. The molecule has 2 aromatic carbocycles. The first-order valence-electron chi connectivity index (χ1n) is 10.5. The number of aromatic carboxylic acids is 1. The number of carboxylic acid groups (broad SMARTS) is 1. The van der Waals surface area contributed by atoms with E-state index in [0.717, 1.165) is 43.5 Å². The third-order valence-electron chi connectivity index (χ3n) is 7.20. The second-order valence-corrected chi connectivity index (χ2v) is 9.47. The third-order valence-corrected chi connectivity index (χ3v) is 7.53. The van der Waals surface area contributed by atoms with Gasteiger partial charge in [0, 0.05) is 13.1 Å². The molecule has 156 valence electrons. The highest BCUT2D eigenvalue weighted by molar-refractivity contribution is 6.33. The van der Waals surface area contributed by atoms with Crippen LogP contribution in [0.1, 0.15) is 53.9 Å². The van der Waals surface area contributed by atoms with E-state index >= 15 is 0 Å². The number of carbonyl (C=O) groups is 2. The van der Waals surface area contributed by atoms with Gasteiger partial charge in [-0.3, -0.25) is 4.79 Å². The van der Waals surface area contributed by atoms with Gasteiger partial charge in [-0.25, -0.2) is 4.79 Å². The first-order chi connectivity index (χ1) is 14.3. The normalized spacial score (nSPS) is 23.3. The van der Waals surface area contributed by atoms with Gasteiger partial charge in [0.05, 0.1) is 10.6 Å². The largest absolute Gasteiger partial charge is 0.478 e. The van der Waals surface area contributed by atoms with Crippen LogP contribution >= 0.6 is 11.6 Å². The number of rotatable bonds is 4. The lowest BCUT2D eigenvalue weighted by Gasteiger charge is -2.34. The van der Waals surface area contributed by atoms with Crippen molar-refractivity contribution in [2.45, 2.75) is 43.6 Å². The zero-order valence-electron chi connectivity index (χ0n) is 16.6. The first-order valence-corrected chi connectivity index (χ1v) is 10.8. The van der Waals surface area contributed by atoms with Gasteiger partial charge in [-0.2, -0.15) is 0 Å². The average molecular weight is 426 g/mol. The molecule has 1 aliphatic heterocycles. The first kappa shape index (κ1) is 19.6. The van der Waals surface area contributed by atoms with Crippen LogP contribution in [0.5, 0.6) is 0 Å². The number of amides is 1. The van der Waals surface area contributed by atoms with Crippen LogP contribution in [-0.4, -0.2) is 45.7 Å². The minimum absolute atomic E-state index is 0.0809. The van der Waals surface area contributed by atoms with Crippen molar-refractivity contribution in [3.8, 4) is 11.1 Å². The van der Waals surface area contributed by atoms with Crippen molar-refractivity contribution in [3.63, 3.8) is 0 Å². The predicted molar refractivity (Wildman–Crippen MR) is 114 cm³/mol. The highest BCUT2D eigenvalue weighted by atomic mass is 35.5. The predicted octanol–water partition coefficient (Wildman–Crippen LogP) is 4.33. The van der Waals surface area contributed by atoms with Gasteiger partial charge in [0.15, 0.2) is 0 Å². The van der Waals surface area contributed by atoms with E-state index in [4.69, 9.17) is 11.6 Å². The van der Waals surface area contributed by atoms with Crippen molar-refractivity contribution in [1.82, 2.24) is 4.90 Å². The van der Waals surface area contributed by atoms with Gasteiger partial charge in [0.1, 0.15) is 5.60 Å². The van der Waals surface area contributed by atoms with Crippen LogP contribution in [0.2, 0.25) is 5.02 Å². The molecule has 2 aliphatic carbocycles. The van der Waals surface area contributed by atoms with E-state index in [0.29, 0.717) is 18.8 Å². The molecule has 0 radical (unpaired) electrons. The summed E-state index contributed by atoms with van der Waals surface area (Å²) in [6.07, 6.45) is 4.32. The number of aliphatic hydroxyl groups is 1. The summed E-state index contributed by atoms with van der Waals surface area (Å²) < 4.78 is 0. The molecule has 1 spiro atoms. The maximum atomic E-state index is 12.4. The van der Waals surface area contributed by atoms with Crippen molar-refractivity contribution in [1.29, 1.82) is 0 Å². The lowest BCUT2D eigenvalue weighted by atomic mass is 9.88. The standard InChI is InChI=1S/C24H24ClNO4/c25-20-6-5-17(13-18(20)21(27)28)15-1-3-16(4-2-15)19-14-23(19)9-11-26(12-10-23)22(29)24(30)7-8-24/h1-6,13,19,30H,7-12,14H2,(H,27,28)/t19-/m0/s1. The van der Waals surface area contributed by atoms with Crippen molar-refractivity contribution < 1.29 is 19.8 Å². The lowest BCUT2D eigenvalue weighted by molar-refractivity contribution is -0.144. The Hall–Kier alpha value is -2.37. The smallest absolute Gasteiger partial charge is 0.337 e. The lowest BCUT2D eigenvalue weighted by Crippen LogP contribution is -2.45. The molecular weight excluding hydrogens is 402 g/mol. The number of piperidine rings is 1. The molecule has 30 heavy (non-hydrogen) atoms.